The Labute approximate surface area is 157 Å². The number of pyridine rings is 1. The Kier molecular flexibility index (Phi) is 4.56. The Bertz CT molecular complexity index is 1020. The summed E-state index contributed by atoms with van der Waals surface area (Å²) in [5.74, 6) is -0.337. The van der Waals surface area contributed by atoms with E-state index in [0.717, 1.165) is 27.5 Å². The molecule has 4 rings (SSSR count). The molecule has 0 saturated carbocycles. The number of aryl methyl sites for hydroxylation is 1. The molecule has 27 heavy (non-hydrogen) atoms. The first kappa shape index (κ1) is 17.5. The second-order valence-electron chi connectivity index (χ2n) is 7.07. The zero-order valence-electron chi connectivity index (χ0n) is 15.6. The van der Waals surface area contributed by atoms with E-state index >= 15 is 0 Å². The summed E-state index contributed by atoms with van der Waals surface area (Å²) in [6, 6.07) is 9.96. The number of hydrogen-bond donors (Lipinski definition) is 1. The lowest BCUT2D eigenvalue weighted by Gasteiger charge is -2.30. The lowest BCUT2D eigenvalue weighted by atomic mass is 9.97. The summed E-state index contributed by atoms with van der Waals surface area (Å²) in [6.07, 6.45) is 1.28. The number of benzene rings is 1. The molecule has 3 heterocycles. The number of nitrogens with one attached hydrogen (secondary N) is 1. The molecule has 1 aliphatic rings. The highest BCUT2D eigenvalue weighted by Crippen LogP contribution is 2.26. The van der Waals surface area contributed by atoms with Gasteiger partial charge in [0.15, 0.2) is 0 Å². The van der Waals surface area contributed by atoms with Gasteiger partial charge in [0, 0.05) is 29.6 Å². The van der Waals surface area contributed by atoms with E-state index in [1.165, 1.54) is 0 Å². The van der Waals surface area contributed by atoms with E-state index in [1.807, 2.05) is 38.1 Å². The van der Waals surface area contributed by atoms with Crippen LogP contribution in [0.3, 0.4) is 0 Å². The van der Waals surface area contributed by atoms with Crippen molar-refractivity contribution in [1.29, 1.82) is 0 Å². The van der Waals surface area contributed by atoms with Crippen LogP contribution in [-0.4, -0.2) is 46.4 Å². The van der Waals surface area contributed by atoms with Crippen LogP contribution in [0.25, 0.3) is 21.8 Å². The molecule has 1 aromatic carbocycles. The second kappa shape index (κ2) is 7.02. The molecule has 0 unspecified atom stereocenters. The van der Waals surface area contributed by atoms with E-state index in [9.17, 15) is 9.59 Å². The molecule has 0 atom stereocenters. The Balaban J connectivity index is 1.56. The van der Waals surface area contributed by atoms with Crippen LogP contribution in [0.2, 0.25) is 0 Å². The molecule has 1 N–H and O–H groups in total. The minimum absolute atomic E-state index is 0.0747. The highest BCUT2D eigenvalue weighted by Gasteiger charge is 2.29. The molecule has 3 aromatic rings. The fourth-order valence-electron chi connectivity index (χ4n) is 3.73. The van der Waals surface area contributed by atoms with Crippen molar-refractivity contribution in [2.45, 2.75) is 26.7 Å². The van der Waals surface area contributed by atoms with E-state index < -0.39 is 0 Å². The van der Waals surface area contributed by atoms with E-state index in [2.05, 4.69) is 16.0 Å². The summed E-state index contributed by atoms with van der Waals surface area (Å²) >= 11 is 0. The minimum Gasteiger partial charge on any atom is -0.466 e. The number of esters is 1. The average Bonchev–Trinajstić information content (AvgIpc) is 3.12. The van der Waals surface area contributed by atoms with Crippen molar-refractivity contribution in [3.05, 3.63) is 41.7 Å². The smallest absolute Gasteiger partial charge is 0.309 e. The fourth-order valence-corrected chi connectivity index (χ4v) is 3.73. The largest absolute Gasteiger partial charge is 0.466 e. The first-order chi connectivity index (χ1) is 13.1. The summed E-state index contributed by atoms with van der Waals surface area (Å²) in [7, 11) is 0. The number of carbonyl (C=O) groups excluding carboxylic acids is 2. The Morgan fingerprint density at radius 1 is 1.19 bits per heavy atom. The van der Waals surface area contributed by atoms with E-state index in [-0.39, 0.29) is 17.8 Å². The highest BCUT2D eigenvalue weighted by molar-refractivity contribution is 6.07. The lowest BCUT2D eigenvalue weighted by molar-refractivity contribution is -0.149. The predicted octanol–water partition coefficient (Wildman–Crippen LogP) is 3.44. The van der Waals surface area contributed by atoms with Crippen LogP contribution in [0.15, 0.2) is 30.3 Å². The quantitative estimate of drug-likeness (QED) is 0.722. The molecule has 2 aromatic heterocycles. The molecule has 1 saturated heterocycles. The molecule has 1 fully saturated rings. The van der Waals surface area contributed by atoms with Crippen LogP contribution >= 0.6 is 0 Å². The molecule has 0 spiro atoms. The van der Waals surface area contributed by atoms with Crippen molar-refractivity contribution in [2.24, 2.45) is 5.92 Å². The van der Waals surface area contributed by atoms with Crippen molar-refractivity contribution in [2.75, 3.05) is 19.7 Å². The van der Waals surface area contributed by atoms with Gasteiger partial charge in [-0.3, -0.25) is 9.59 Å². The van der Waals surface area contributed by atoms with Crippen LogP contribution in [-0.2, 0) is 9.53 Å². The van der Waals surface area contributed by atoms with Crippen molar-refractivity contribution < 1.29 is 14.3 Å². The summed E-state index contributed by atoms with van der Waals surface area (Å²) in [6.45, 7) is 5.31. The maximum Gasteiger partial charge on any atom is 0.309 e. The van der Waals surface area contributed by atoms with Crippen LogP contribution in [0.1, 0.15) is 35.9 Å². The maximum absolute atomic E-state index is 12.9. The van der Waals surface area contributed by atoms with Gasteiger partial charge in [-0.1, -0.05) is 18.2 Å². The number of H-pyrrole nitrogens is 1. The number of aromatic nitrogens is 2. The number of carbonyl (C=O) groups is 2. The summed E-state index contributed by atoms with van der Waals surface area (Å²) in [5.41, 5.74) is 3.28. The molecule has 1 aliphatic heterocycles. The summed E-state index contributed by atoms with van der Waals surface area (Å²) < 4.78 is 5.09. The molecule has 140 valence electrons. The van der Waals surface area contributed by atoms with Gasteiger partial charge in [0.25, 0.3) is 5.91 Å². The first-order valence-corrected chi connectivity index (χ1v) is 9.42. The van der Waals surface area contributed by atoms with Gasteiger partial charge in [-0.2, -0.15) is 0 Å². The van der Waals surface area contributed by atoms with Crippen LogP contribution in [0.5, 0.6) is 0 Å². The topological polar surface area (TPSA) is 75.3 Å². The zero-order valence-corrected chi connectivity index (χ0v) is 15.6. The van der Waals surface area contributed by atoms with Gasteiger partial charge in [-0.15, -0.1) is 0 Å². The third-order valence-electron chi connectivity index (χ3n) is 5.22. The number of aromatic amines is 1. The molecule has 0 aliphatic carbocycles. The van der Waals surface area contributed by atoms with Gasteiger partial charge in [0.05, 0.1) is 23.6 Å². The van der Waals surface area contributed by atoms with Crippen molar-refractivity contribution in [3.8, 4) is 0 Å². The Morgan fingerprint density at radius 2 is 1.89 bits per heavy atom. The standard InChI is InChI=1S/C21H23N3O3/c1-3-27-21(26)15-8-10-24(11-9-15)20(25)17-12-16-7-6-14-5-4-13(2)22-18(14)19(16)23-17/h4-7,12,15,22H,3,8-11H2,1-2H3. The van der Waals surface area contributed by atoms with E-state index in [0.29, 0.717) is 38.2 Å². The molecular formula is C21H23N3O3. The summed E-state index contributed by atoms with van der Waals surface area (Å²) in [4.78, 5) is 34.6. The third kappa shape index (κ3) is 3.27. The minimum atomic E-state index is -0.154. The van der Waals surface area contributed by atoms with Gasteiger partial charge in [-0.25, -0.2) is 4.98 Å². The highest BCUT2D eigenvalue weighted by atomic mass is 16.5. The first-order valence-electron chi connectivity index (χ1n) is 9.42. The maximum atomic E-state index is 12.9. The monoisotopic (exact) mass is 365 g/mol. The van der Waals surface area contributed by atoms with Crippen LogP contribution in [0.4, 0.5) is 0 Å². The van der Waals surface area contributed by atoms with Crippen LogP contribution in [0, 0.1) is 12.8 Å². The lowest BCUT2D eigenvalue weighted by Crippen LogP contribution is -2.40. The molecule has 0 radical (unpaired) electrons. The average molecular weight is 365 g/mol. The second-order valence-corrected chi connectivity index (χ2v) is 7.07. The number of rotatable bonds is 3. The molecule has 1 amide bonds. The number of fused-ring (bicyclic) bond motifs is 3. The number of ether oxygens (including phenoxy) is 1. The van der Waals surface area contributed by atoms with Gasteiger partial charge < -0.3 is 14.6 Å². The number of amides is 1. The van der Waals surface area contributed by atoms with Gasteiger partial charge in [0.2, 0.25) is 0 Å². The van der Waals surface area contributed by atoms with E-state index in [4.69, 9.17) is 4.74 Å². The van der Waals surface area contributed by atoms with Gasteiger partial charge >= 0.3 is 5.97 Å². The predicted molar refractivity (Wildman–Crippen MR) is 104 cm³/mol. The number of likely N-dealkylation sites (tertiary alicyclic amines) is 1. The SMILES string of the molecule is CCOC(=O)C1CCN(C(=O)c2cc3ccc4ccc(C)[nH]c4c3n2)CC1. The Hall–Kier alpha value is -2.89. The molecule has 6 heteroatoms. The molecule has 0 bridgehead atoms. The third-order valence-corrected chi connectivity index (χ3v) is 5.22. The number of nitrogens with zero attached hydrogens (tertiary/aromatic N) is 2. The van der Waals surface area contributed by atoms with Crippen molar-refractivity contribution in [3.63, 3.8) is 0 Å². The Morgan fingerprint density at radius 3 is 2.63 bits per heavy atom. The zero-order chi connectivity index (χ0) is 19.0. The normalized spacial score (nSPS) is 15.4. The van der Waals surface area contributed by atoms with E-state index in [1.54, 1.807) is 4.90 Å². The molecule has 6 nitrogen and oxygen atoms in total. The number of piperidine rings is 1. The van der Waals surface area contributed by atoms with Crippen LogP contribution < -0.4 is 0 Å². The molecular weight excluding hydrogens is 342 g/mol. The number of hydrogen-bond acceptors (Lipinski definition) is 4. The van der Waals surface area contributed by atoms with Crippen molar-refractivity contribution in [1.82, 2.24) is 14.9 Å². The van der Waals surface area contributed by atoms with Gasteiger partial charge in [-0.05, 0) is 38.8 Å². The fraction of sp³-hybridized carbons (Fsp3) is 0.381. The van der Waals surface area contributed by atoms with Crippen molar-refractivity contribution >= 4 is 33.7 Å². The van der Waals surface area contributed by atoms with Gasteiger partial charge in [0.1, 0.15) is 5.69 Å². The summed E-state index contributed by atoms with van der Waals surface area (Å²) in [5, 5.41) is 2.02.